The Bertz CT molecular complexity index is 623. The molecule has 0 bridgehead atoms. The van der Waals surface area contributed by atoms with E-state index in [0.717, 1.165) is 25.1 Å². The number of amides is 1. The minimum Gasteiger partial charge on any atom is -0.489 e. The van der Waals surface area contributed by atoms with E-state index in [2.05, 4.69) is 10.6 Å². The van der Waals surface area contributed by atoms with Crippen LogP contribution < -0.4 is 21.1 Å². The van der Waals surface area contributed by atoms with Crippen LogP contribution in [0.15, 0.2) is 6.07 Å². The van der Waals surface area contributed by atoms with E-state index in [9.17, 15) is 4.79 Å². The number of nitrogen functional groups attached to an aromatic ring is 1. The topological polar surface area (TPSA) is 85.6 Å². The van der Waals surface area contributed by atoms with Gasteiger partial charge in [-0.1, -0.05) is 11.6 Å². The fourth-order valence-corrected chi connectivity index (χ4v) is 3.45. The van der Waals surface area contributed by atoms with Crippen molar-refractivity contribution in [3.63, 3.8) is 0 Å². The SMILES string of the molecule is CO[C@@H]1CNCC[C@@H]1NC(=O)c1cc(Cl)c(N)c2c1OC(C)C2. The molecule has 1 aromatic rings. The van der Waals surface area contributed by atoms with Gasteiger partial charge < -0.3 is 25.8 Å². The van der Waals surface area contributed by atoms with Crippen LogP contribution in [-0.2, 0) is 11.2 Å². The summed E-state index contributed by atoms with van der Waals surface area (Å²) < 4.78 is 11.2. The second-order valence-corrected chi connectivity index (χ2v) is 6.51. The molecule has 2 heterocycles. The van der Waals surface area contributed by atoms with Crippen molar-refractivity contribution in [2.75, 3.05) is 25.9 Å². The number of nitrogens with two attached hydrogens (primary N) is 1. The van der Waals surface area contributed by atoms with E-state index in [1.807, 2.05) is 6.92 Å². The first-order valence-electron chi connectivity index (χ1n) is 7.83. The summed E-state index contributed by atoms with van der Waals surface area (Å²) in [5.41, 5.74) is 7.78. The van der Waals surface area contributed by atoms with Gasteiger partial charge in [-0.2, -0.15) is 0 Å². The summed E-state index contributed by atoms with van der Waals surface area (Å²) in [5, 5.41) is 6.69. The Hall–Kier alpha value is -1.50. The molecule has 0 aromatic heterocycles. The van der Waals surface area contributed by atoms with Crippen LogP contribution in [0.2, 0.25) is 5.02 Å². The van der Waals surface area contributed by atoms with Crippen molar-refractivity contribution in [2.45, 2.75) is 38.0 Å². The number of fused-ring (bicyclic) bond motifs is 1. The average molecular weight is 340 g/mol. The molecule has 0 radical (unpaired) electrons. The highest BCUT2D eigenvalue weighted by atomic mass is 35.5. The van der Waals surface area contributed by atoms with Gasteiger partial charge in [0, 0.05) is 25.6 Å². The van der Waals surface area contributed by atoms with Crippen LogP contribution in [0, 0.1) is 0 Å². The first-order valence-corrected chi connectivity index (χ1v) is 8.21. The third-order valence-corrected chi connectivity index (χ3v) is 4.79. The molecule has 0 spiro atoms. The molecule has 4 N–H and O–H groups in total. The van der Waals surface area contributed by atoms with Crippen molar-refractivity contribution in [1.29, 1.82) is 0 Å². The summed E-state index contributed by atoms with van der Waals surface area (Å²) in [6, 6.07) is 1.55. The number of carbonyl (C=O) groups excluding carboxylic acids is 1. The molecule has 1 aromatic carbocycles. The summed E-state index contributed by atoms with van der Waals surface area (Å²) in [6.07, 6.45) is 1.41. The molecule has 1 saturated heterocycles. The molecule has 23 heavy (non-hydrogen) atoms. The van der Waals surface area contributed by atoms with Gasteiger partial charge in [-0.05, 0) is 26.0 Å². The number of piperidine rings is 1. The van der Waals surface area contributed by atoms with Crippen molar-refractivity contribution in [2.24, 2.45) is 0 Å². The number of rotatable bonds is 3. The number of halogens is 1. The molecule has 0 saturated carbocycles. The molecule has 1 unspecified atom stereocenters. The van der Waals surface area contributed by atoms with Gasteiger partial charge in [0.2, 0.25) is 0 Å². The molecule has 2 aliphatic rings. The summed E-state index contributed by atoms with van der Waals surface area (Å²) >= 11 is 6.19. The Morgan fingerprint density at radius 3 is 3.09 bits per heavy atom. The maximum absolute atomic E-state index is 12.7. The predicted molar refractivity (Wildman–Crippen MR) is 89.2 cm³/mol. The van der Waals surface area contributed by atoms with E-state index >= 15 is 0 Å². The van der Waals surface area contributed by atoms with Crippen LogP contribution in [0.1, 0.15) is 29.3 Å². The number of benzene rings is 1. The van der Waals surface area contributed by atoms with Gasteiger partial charge in [0.05, 0.1) is 28.4 Å². The first kappa shape index (κ1) is 16.4. The highest BCUT2D eigenvalue weighted by Gasteiger charge is 2.31. The third-order valence-electron chi connectivity index (χ3n) is 4.47. The average Bonchev–Trinajstić information content (AvgIpc) is 2.93. The van der Waals surface area contributed by atoms with Gasteiger partial charge in [0.15, 0.2) is 0 Å². The molecule has 126 valence electrons. The molecule has 1 fully saturated rings. The highest BCUT2D eigenvalue weighted by Crippen LogP contribution is 2.40. The van der Waals surface area contributed by atoms with E-state index in [0.29, 0.717) is 28.4 Å². The minimum atomic E-state index is -0.203. The summed E-state index contributed by atoms with van der Waals surface area (Å²) in [6.45, 7) is 3.51. The van der Waals surface area contributed by atoms with Crippen LogP contribution in [0.5, 0.6) is 5.75 Å². The van der Waals surface area contributed by atoms with Crippen LogP contribution >= 0.6 is 11.6 Å². The molecule has 3 rings (SSSR count). The summed E-state index contributed by atoms with van der Waals surface area (Å²) in [4.78, 5) is 12.7. The van der Waals surface area contributed by atoms with Gasteiger partial charge in [-0.3, -0.25) is 4.79 Å². The Morgan fingerprint density at radius 1 is 1.57 bits per heavy atom. The third kappa shape index (κ3) is 3.11. The van der Waals surface area contributed by atoms with Gasteiger partial charge >= 0.3 is 0 Å². The lowest BCUT2D eigenvalue weighted by molar-refractivity contribution is 0.0475. The Kier molecular flexibility index (Phi) is 4.66. The largest absolute Gasteiger partial charge is 0.489 e. The normalized spacial score (nSPS) is 26.5. The minimum absolute atomic E-state index is 0.0112. The van der Waals surface area contributed by atoms with Crippen molar-refractivity contribution in [3.8, 4) is 5.75 Å². The van der Waals surface area contributed by atoms with Crippen LogP contribution in [0.25, 0.3) is 0 Å². The Labute approximate surface area is 140 Å². The van der Waals surface area contributed by atoms with Gasteiger partial charge in [0.1, 0.15) is 11.9 Å². The molecule has 7 heteroatoms. The zero-order chi connectivity index (χ0) is 16.6. The maximum Gasteiger partial charge on any atom is 0.255 e. The molecule has 2 aliphatic heterocycles. The monoisotopic (exact) mass is 339 g/mol. The fraction of sp³-hybridized carbons (Fsp3) is 0.562. The van der Waals surface area contributed by atoms with E-state index in [1.165, 1.54) is 0 Å². The number of ether oxygens (including phenoxy) is 2. The van der Waals surface area contributed by atoms with Crippen molar-refractivity contribution in [1.82, 2.24) is 10.6 Å². The fourth-order valence-electron chi connectivity index (χ4n) is 3.22. The standard InChI is InChI=1S/C16H22ClN3O3/c1-8-5-9-14(18)11(17)6-10(15(9)23-8)16(21)20-12-3-4-19-7-13(12)22-2/h6,8,12-13,19H,3-5,7,18H2,1-2H3,(H,20,21)/t8?,12-,13+/m0/s1. The second kappa shape index (κ2) is 6.55. The number of methoxy groups -OCH3 is 1. The number of carbonyl (C=O) groups is 1. The number of anilines is 1. The van der Waals surface area contributed by atoms with Crippen molar-refractivity contribution >= 4 is 23.2 Å². The van der Waals surface area contributed by atoms with Crippen molar-refractivity contribution in [3.05, 3.63) is 22.2 Å². The zero-order valence-corrected chi connectivity index (χ0v) is 14.1. The number of hydrogen-bond acceptors (Lipinski definition) is 5. The molecule has 1 amide bonds. The van der Waals surface area contributed by atoms with Crippen LogP contribution in [0.4, 0.5) is 5.69 Å². The summed E-state index contributed by atoms with van der Waals surface area (Å²) in [7, 11) is 1.65. The Balaban J connectivity index is 1.86. The highest BCUT2D eigenvalue weighted by molar-refractivity contribution is 6.33. The van der Waals surface area contributed by atoms with Gasteiger partial charge in [0.25, 0.3) is 5.91 Å². The summed E-state index contributed by atoms with van der Waals surface area (Å²) in [5.74, 6) is 0.353. The Morgan fingerprint density at radius 2 is 2.35 bits per heavy atom. The lowest BCUT2D eigenvalue weighted by Gasteiger charge is -2.31. The van der Waals surface area contributed by atoms with Crippen LogP contribution in [0.3, 0.4) is 0 Å². The predicted octanol–water partition coefficient (Wildman–Crippen LogP) is 1.35. The van der Waals surface area contributed by atoms with E-state index in [-0.39, 0.29) is 24.2 Å². The second-order valence-electron chi connectivity index (χ2n) is 6.11. The van der Waals surface area contributed by atoms with E-state index in [4.69, 9.17) is 26.8 Å². The molecule has 0 aliphatic carbocycles. The van der Waals surface area contributed by atoms with Gasteiger partial charge in [-0.15, -0.1) is 0 Å². The van der Waals surface area contributed by atoms with E-state index < -0.39 is 0 Å². The quantitative estimate of drug-likeness (QED) is 0.724. The van der Waals surface area contributed by atoms with Crippen LogP contribution in [-0.4, -0.2) is 44.4 Å². The lowest BCUT2D eigenvalue weighted by Crippen LogP contribution is -2.53. The zero-order valence-electron chi connectivity index (χ0n) is 13.3. The number of hydrogen-bond donors (Lipinski definition) is 3. The molecular weight excluding hydrogens is 318 g/mol. The number of nitrogens with one attached hydrogen (secondary N) is 2. The van der Waals surface area contributed by atoms with Crippen molar-refractivity contribution < 1.29 is 14.3 Å². The maximum atomic E-state index is 12.7. The lowest BCUT2D eigenvalue weighted by atomic mass is 10.0. The van der Waals surface area contributed by atoms with Gasteiger partial charge in [-0.25, -0.2) is 0 Å². The molecule has 3 atom stereocenters. The molecule has 6 nitrogen and oxygen atoms in total. The van der Waals surface area contributed by atoms with E-state index in [1.54, 1.807) is 13.2 Å². The molecular formula is C16H22ClN3O3. The first-order chi connectivity index (χ1) is 11.0. The smallest absolute Gasteiger partial charge is 0.255 e.